The first-order chi connectivity index (χ1) is 28.9. The molecule has 0 spiro atoms. The standard InChI is InChI=1S/C43H58N6O12/c1-7-14-29(35(51)40(55)45-22-32(50)47-34(37(44)52)28-19-13-20-31(59-5)36(28)60-6)46-39(54)30-21-25(61-43(2,3)4)23-49(30)41(56)33(24-15-9-8-10-16-24)48-38(53)26-17-11-12-18-27(26)42(57)58/h11-13,17-20,24-25,29-30,33-34H,7-10,14-16,21-23H2,1-6H3,(H2,44,52)(H,45,55)(H,46,54)(H,47,50)(H,48,53)(H,57,58). The van der Waals surface area contributed by atoms with Crippen LogP contribution in [0.4, 0.5) is 0 Å². The van der Waals surface area contributed by atoms with Crippen LogP contribution in [0.1, 0.15) is 111 Å². The van der Waals surface area contributed by atoms with E-state index >= 15 is 0 Å². The lowest BCUT2D eigenvalue weighted by molar-refractivity contribution is -0.143. The topological polar surface area (TPSA) is 262 Å². The number of carboxylic acid groups (broad SMARTS) is 1. The van der Waals surface area contributed by atoms with Crippen LogP contribution in [0.25, 0.3) is 0 Å². The van der Waals surface area contributed by atoms with Crippen molar-refractivity contribution < 1.29 is 57.7 Å². The largest absolute Gasteiger partial charge is 0.493 e. The molecule has 4 rings (SSSR count). The maximum Gasteiger partial charge on any atom is 0.336 e. The number of Topliss-reactive ketones (excluding diaryl/α,β-unsaturated/α-hetero) is 1. The number of carboxylic acids is 1. The van der Waals surface area contributed by atoms with Crippen molar-refractivity contribution in [2.24, 2.45) is 11.7 Å². The van der Waals surface area contributed by atoms with Gasteiger partial charge in [0.15, 0.2) is 11.5 Å². The molecule has 6 amide bonds. The molecule has 2 fully saturated rings. The Morgan fingerprint density at radius 1 is 0.885 bits per heavy atom. The molecule has 1 heterocycles. The van der Waals surface area contributed by atoms with Gasteiger partial charge >= 0.3 is 5.97 Å². The summed E-state index contributed by atoms with van der Waals surface area (Å²) in [7, 11) is 2.74. The zero-order valence-corrected chi connectivity index (χ0v) is 35.5. The zero-order valence-electron chi connectivity index (χ0n) is 35.5. The number of carbonyl (C=O) groups excluding carboxylic acids is 7. The molecule has 61 heavy (non-hydrogen) atoms. The molecule has 0 radical (unpaired) electrons. The van der Waals surface area contributed by atoms with Gasteiger partial charge in [-0.3, -0.25) is 33.6 Å². The minimum absolute atomic E-state index is 0.0189. The summed E-state index contributed by atoms with van der Waals surface area (Å²) in [6.07, 6.45) is 3.62. The lowest BCUT2D eigenvalue weighted by atomic mass is 9.83. The van der Waals surface area contributed by atoms with Crippen molar-refractivity contribution in [1.29, 1.82) is 0 Å². The zero-order chi connectivity index (χ0) is 45.0. The van der Waals surface area contributed by atoms with Crippen molar-refractivity contribution in [2.75, 3.05) is 27.3 Å². The highest BCUT2D eigenvalue weighted by molar-refractivity contribution is 6.38. The number of carbonyl (C=O) groups is 8. The fourth-order valence-corrected chi connectivity index (χ4v) is 7.87. The lowest BCUT2D eigenvalue weighted by Crippen LogP contribution is -2.58. The summed E-state index contributed by atoms with van der Waals surface area (Å²) in [5.41, 5.74) is 4.78. The van der Waals surface area contributed by atoms with Gasteiger partial charge in [-0.2, -0.15) is 0 Å². The number of para-hydroxylation sites is 1. The van der Waals surface area contributed by atoms with Gasteiger partial charge in [0.05, 0.1) is 49.6 Å². The predicted molar refractivity (Wildman–Crippen MR) is 220 cm³/mol. The first-order valence-electron chi connectivity index (χ1n) is 20.4. The molecule has 2 aromatic carbocycles. The number of hydrogen-bond donors (Lipinski definition) is 6. The Bertz CT molecular complexity index is 1960. The van der Waals surface area contributed by atoms with Crippen molar-refractivity contribution >= 4 is 47.2 Å². The number of nitrogens with zero attached hydrogens (tertiary/aromatic N) is 1. The van der Waals surface area contributed by atoms with E-state index in [0.717, 1.165) is 19.3 Å². The highest BCUT2D eigenvalue weighted by Gasteiger charge is 2.46. The van der Waals surface area contributed by atoms with E-state index in [1.165, 1.54) is 49.5 Å². The number of primary amides is 1. The number of aromatic carboxylic acids is 1. The first kappa shape index (κ1) is 47.6. The first-order valence-corrected chi connectivity index (χ1v) is 20.4. The van der Waals surface area contributed by atoms with Crippen LogP contribution >= 0.6 is 0 Å². The van der Waals surface area contributed by atoms with Crippen LogP contribution in [0.15, 0.2) is 42.5 Å². The van der Waals surface area contributed by atoms with Gasteiger partial charge in [-0.25, -0.2) is 4.79 Å². The number of rotatable bonds is 19. The summed E-state index contributed by atoms with van der Waals surface area (Å²) in [5, 5.41) is 19.9. The number of methoxy groups -OCH3 is 2. The third-order valence-corrected chi connectivity index (χ3v) is 10.6. The number of ether oxygens (including phenoxy) is 3. The normalized spacial score (nSPS) is 18.2. The van der Waals surface area contributed by atoms with E-state index in [2.05, 4.69) is 21.3 Å². The van der Waals surface area contributed by atoms with Crippen molar-refractivity contribution in [3.63, 3.8) is 0 Å². The molecular formula is C43H58N6O12. The second-order valence-corrected chi connectivity index (χ2v) is 16.2. The van der Waals surface area contributed by atoms with Crippen LogP contribution in [0.3, 0.4) is 0 Å². The molecular weight excluding hydrogens is 793 g/mol. The van der Waals surface area contributed by atoms with E-state index in [9.17, 15) is 43.5 Å². The molecule has 5 unspecified atom stereocenters. The monoisotopic (exact) mass is 850 g/mol. The van der Waals surface area contributed by atoms with Crippen LogP contribution in [-0.2, 0) is 33.5 Å². The van der Waals surface area contributed by atoms with E-state index in [1.54, 1.807) is 19.1 Å². The molecule has 2 aromatic rings. The van der Waals surface area contributed by atoms with E-state index < -0.39 is 89.6 Å². The van der Waals surface area contributed by atoms with Gasteiger partial charge in [-0.1, -0.05) is 56.9 Å². The van der Waals surface area contributed by atoms with Gasteiger partial charge in [0.25, 0.3) is 11.8 Å². The van der Waals surface area contributed by atoms with Crippen molar-refractivity contribution in [3.8, 4) is 11.5 Å². The molecule has 7 N–H and O–H groups in total. The smallest absolute Gasteiger partial charge is 0.336 e. The maximum atomic E-state index is 14.7. The van der Waals surface area contributed by atoms with Gasteiger partial charge in [-0.05, 0) is 64.2 Å². The Morgan fingerprint density at radius 2 is 1.56 bits per heavy atom. The van der Waals surface area contributed by atoms with Crippen molar-refractivity contribution in [1.82, 2.24) is 26.2 Å². The van der Waals surface area contributed by atoms with Gasteiger partial charge < -0.3 is 51.2 Å². The summed E-state index contributed by atoms with van der Waals surface area (Å²) >= 11 is 0. The number of hydrogen-bond acceptors (Lipinski definition) is 11. The maximum absolute atomic E-state index is 14.7. The Morgan fingerprint density at radius 3 is 2.15 bits per heavy atom. The van der Waals surface area contributed by atoms with Crippen LogP contribution in [0, 0.1) is 5.92 Å². The molecule has 1 saturated heterocycles. The van der Waals surface area contributed by atoms with Gasteiger partial charge in [0.1, 0.15) is 18.1 Å². The summed E-state index contributed by atoms with van der Waals surface area (Å²) in [6.45, 7) is 6.49. The van der Waals surface area contributed by atoms with Gasteiger partial charge in [0.2, 0.25) is 29.4 Å². The quantitative estimate of drug-likeness (QED) is 0.111. The molecule has 0 bridgehead atoms. The highest BCUT2D eigenvalue weighted by Crippen LogP contribution is 2.35. The number of ketones is 1. The van der Waals surface area contributed by atoms with Crippen LogP contribution in [0.2, 0.25) is 0 Å². The molecule has 0 aromatic heterocycles. The number of nitrogens with one attached hydrogen (secondary N) is 4. The Balaban J connectivity index is 1.52. The number of likely N-dealkylation sites (tertiary alicyclic amines) is 1. The third kappa shape index (κ3) is 12.5. The molecule has 5 atom stereocenters. The van der Waals surface area contributed by atoms with E-state index in [1.807, 2.05) is 20.8 Å². The number of benzene rings is 2. The predicted octanol–water partition coefficient (Wildman–Crippen LogP) is 2.18. The molecule has 1 aliphatic carbocycles. The average molecular weight is 851 g/mol. The van der Waals surface area contributed by atoms with Gasteiger partial charge in [-0.15, -0.1) is 0 Å². The summed E-state index contributed by atoms with van der Waals surface area (Å²) in [4.78, 5) is 108. The molecule has 1 aliphatic heterocycles. The number of nitrogens with two attached hydrogens (primary N) is 1. The summed E-state index contributed by atoms with van der Waals surface area (Å²) < 4.78 is 16.9. The second kappa shape index (κ2) is 21.5. The molecule has 2 aliphatic rings. The second-order valence-electron chi connectivity index (χ2n) is 16.2. The van der Waals surface area contributed by atoms with Crippen LogP contribution in [-0.4, -0.2) is 114 Å². The van der Waals surface area contributed by atoms with E-state index in [0.29, 0.717) is 19.3 Å². The average Bonchev–Trinajstić information content (AvgIpc) is 3.65. The Hall–Kier alpha value is -6.04. The molecule has 18 heteroatoms. The number of amides is 6. The Kier molecular flexibility index (Phi) is 16.8. The molecule has 18 nitrogen and oxygen atoms in total. The summed E-state index contributed by atoms with van der Waals surface area (Å²) in [5.74, 6) is -7.24. The highest BCUT2D eigenvalue weighted by atomic mass is 16.5. The van der Waals surface area contributed by atoms with E-state index in [4.69, 9.17) is 19.9 Å². The van der Waals surface area contributed by atoms with Crippen molar-refractivity contribution in [3.05, 3.63) is 59.2 Å². The lowest BCUT2D eigenvalue weighted by Gasteiger charge is -2.35. The third-order valence-electron chi connectivity index (χ3n) is 10.6. The fraction of sp³-hybridized carbons (Fsp3) is 0.535. The minimum atomic E-state index is -1.38. The van der Waals surface area contributed by atoms with Gasteiger partial charge in [0, 0.05) is 18.5 Å². The SMILES string of the molecule is CCCC(NC(=O)C1CC(OC(C)(C)C)CN1C(=O)C(NC(=O)c1ccccc1C(=O)O)C1CCCCC1)C(=O)C(=O)NCC(=O)NC(C(N)=O)c1cccc(OC)c1OC. The summed E-state index contributed by atoms with van der Waals surface area (Å²) in [6, 6.07) is 5.33. The van der Waals surface area contributed by atoms with Crippen LogP contribution in [0.5, 0.6) is 11.5 Å². The Labute approximate surface area is 355 Å². The van der Waals surface area contributed by atoms with Crippen LogP contribution < -0.4 is 36.5 Å². The van der Waals surface area contributed by atoms with E-state index in [-0.39, 0.29) is 53.5 Å². The fourth-order valence-electron chi connectivity index (χ4n) is 7.87. The van der Waals surface area contributed by atoms with Crippen molar-refractivity contribution in [2.45, 2.75) is 115 Å². The molecule has 1 saturated carbocycles. The minimum Gasteiger partial charge on any atom is -0.493 e. The molecule has 332 valence electrons.